The van der Waals surface area contributed by atoms with Gasteiger partial charge in [-0.25, -0.2) is 8.78 Å². The smallest absolute Gasteiger partial charge is 0.336 e. The summed E-state index contributed by atoms with van der Waals surface area (Å²) >= 11 is 0. The minimum Gasteiger partial charge on any atom is -0.336 e. The molecule has 0 spiro atoms. The minimum absolute atomic E-state index is 0.0358. The summed E-state index contributed by atoms with van der Waals surface area (Å²) < 4.78 is 50.6. The van der Waals surface area contributed by atoms with Gasteiger partial charge in [-0.3, -0.25) is 9.69 Å². The van der Waals surface area contributed by atoms with Crippen molar-refractivity contribution in [1.29, 1.82) is 0 Å². The Labute approximate surface area is 109 Å². The maximum absolute atomic E-state index is 13.1. The molecular formula is C12H18F4N2O. The average molecular weight is 282 g/mol. The van der Waals surface area contributed by atoms with Gasteiger partial charge in [0.25, 0.3) is 5.91 Å². The lowest BCUT2D eigenvalue weighted by Crippen LogP contribution is -2.54. The highest BCUT2D eigenvalue weighted by molar-refractivity contribution is 5.84. The Balaban J connectivity index is 1.98. The van der Waals surface area contributed by atoms with Crippen LogP contribution in [0.4, 0.5) is 17.6 Å². The number of hydrogen-bond donors (Lipinski definition) is 0. The van der Waals surface area contributed by atoms with Crippen LogP contribution in [0.2, 0.25) is 0 Å². The summed E-state index contributed by atoms with van der Waals surface area (Å²) in [6.07, 6.45) is -0.377. The van der Waals surface area contributed by atoms with Crippen molar-refractivity contribution in [2.24, 2.45) is 0 Å². The first kappa shape index (κ1) is 14.6. The highest BCUT2D eigenvalue weighted by Crippen LogP contribution is 2.28. The molecule has 0 radical (unpaired) electrons. The predicted molar refractivity (Wildman–Crippen MR) is 61.4 cm³/mol. The lowest BCUT2D eigenvalue weighted by atomic mass is 10.0. The number of carbonyl (C=O) groups excluding carboxylic acids is 1. The quantitative estimate of drug-likeness (QED) is 0.739. The normalized spacial score (nSPS) is 26.2. The zero-order valence-electron chi connectivity index (χ0n) is 10.6. The standard InChI is InChI=1S/C12H18F4N2O/c13-10(14)12(15,16)11(19)18-7-3-4-9(8-18)17-5-1-2-6-17/h9-10H,1-8H2. The fourth-order valence-electron chi connectivity index (χ4n) is 2.85. The molecular weight excluding hydrogens is 264 g/mol. The minimum atomic E-state index is -4.56. The van der Waals surface area contributed by atoms with Crippen molar-refractivity contribution in [2.45, 2.75) is 44.1 Å². The number of halogens is 4. The van der Waals surface area contributed by atoms with E-state index in [4.69, 9.17) is 0 Å². The molecule has 2 aliphatic rings. The summed E-state index contributed by atoms with van der Waals surface area (Å²) in [6.45, 7) is 2.09. The van der Waals surface area contributed by atoms with Gasteiger partial charge in [0.2, 0.25) is 0 Å². The second-order valence-electron chi connectivity index (χ2n) is 5.21. The summed E-state index contributed by atoms with van der Waals surface area (Å²) in [5.41, 5.74) is 0. The number of likely N-dealkylation sites (tertiary alicyclic amines) is 2. The van der Waals surface area contributed by atoms with Gasteiger partial charge in [0.1, 0.15) is 0 Å². The van der Waals surface area contributed by atoms with Crippen LogP contribution in [0.1, 0.15) is 25.7 Å². The van der Waals surface area contributed by atoms with Gasteiger partial charge >= 0.3 is 12.3 Å². The number of nitrogens with zero attached hydrogens (tertiary/aromatic N) is 2. The molecule has 3 nitrogen and oxygen atoms in total. The third kappa shape index (κ3) is 3.01. The molecule has 19 heavy (non-hydrogen) atoms. The van der Waals surface area contributed by atoms with Crippen LogP contribution < -0.4 is 0 Å². The van der Waals surface area contributed by atoms with Crippen molar-refractivity contribution in [3.8, 4) is 0 Å². The summed E-state index contributed by atoms with van der Waals surface area (Å²) in [5.74, 6) is -6.29. The van der Waals surface area contributed by atoms with Gasteiger partial charge in [0.05, 0.1) is 0 Å². The second kappa shape index (κ2) is 5.64. The van der Waals surface area contributed by atoms with Gasteiger partial charge in [-0.15, -0.1) is 0 Å². The molecule has 1 atom stereocenters. The topological polar surface area (TPSA) is 23.6 Å². The number of alkyl halides is 4. The largest absolute Gasteiger partial charge is 0.383 e. The van der Waals surface area contributed by atoms with E-state index in [1.807, 2.05) is 0 Å². The zero-order chi connectivity index (χ0) is 14.0. The monoisotopic (exact) mass is 282 g/mol. The first-order valence-corrected chi connectivity index (χ1v) is 6.62. The van der Waals surface area contributed by atoms with E-state index in [0.717, 1.165) is 37.3 Å². The molecule has 2 fully saturated rings. The third-order valence-corrected chi connectivity index (χ3v) is 3.90. The molecule has 0 aromatic rings. The molecule has 1 amide bonds. The van der Waals surface area contributed by atoms with Gasteiger partial charge in [-0.1, -0.05) is 0 Å². The number of hydrogen-bond acceptors (Lipinski definition) is 2. The van der Waals surface area contributed by atoms with E-state index in [-0.39, 0.29) is 19.1 Å². The van der Waals surface area contributed by atoms with Crippen LogP contribution in [0.3, 0.4) is 0 Å². The molecule has 0 aliphatic carbocycles. The van der Waals surface area contributed by atoms with Crippen LogP contribution in [-0.4, -0.2) is 60.3 Å². The van der Waals surface area contributed by atoms with Gasteiger partial charge in [0, 0.05) is 19.1 Å². The predicted octanol–water partition coefficient (Wildman–Crippen LogP) is 1.97. The lowest BCUT2D eigenvalue weighted by molar-refractivity contribution is -0.182. The number of carbonyl (C=O) groups is 1. The van der Waals surface area contributed by atoms with Crippen molar-refractivity contribution in [1.82, 2.24) is 9.80 Å². The van der Waals surface area contributed by atoms with E-state index < -0.39 is 18.3 Å². The van der Waals surface area contributed by atoms with E-state index >= 15 is 0 Å². The number of amides is 1. The summed E-state index contributed by atoms with van der Waals surface area (Å²) in [7, 11) is 0. The van der Waals surface area contributed by atoms with E-state index in [9.17, 15) is 22.4 Å². The average Bonchev–Trinajstić information content (AvgIpc) is 2.91. The Morgan fingerprint density at radius 1 is 1.11 bits per heavy atom. The molecule has 110 valence electrons. The van der Waals surface area contributed by atoms with Gasteiger partial charge in [0.15, 0.2) is 0 Å². The zero-order valence-corrected chi connectivity index (χ0v) is 10.6. The van der Waals surface area contributed by atoms with Crippen LogP contribution in [0, 0.1) is 0 Å². The van der Waals surface area contributed by atoms with Crippen molar-refractivity contribution in [3.63, 3.8) is 0 Å². The van der Waals surface area contributed by atoms with E-state index in [1.165, 1.54) is 0 Å². The molecule has 0 saturated carbocycles. The molecule has 7 heteroatoms. The third-order valence-electron chi connectivity index (χ3n) is 3.90. The van der Waals surface area contributed by atoms with E-state index in [1.54, 1.807) is 0 Å². The molecule has 0 aromatic heterocycles. The molecule has 0 aromatic carbocycles. The van der Waals surface area contributed by atoms with Crippen molar-refractivity contribution >= 4 is 5.91 Å². The Kier molecular flexibility index (Phi) is 4.32. The van der Waals surface area contributed by atoms with E-state index in [2.05, 4.69) is 4.90 Å². The maximum Gasteiger partial charge on any atom is 0.383 e. The fraction of sp³-hybridized carbons (Fsp3) is 0.917. The Hall–Kier alpha value is -0.850. The van der Waals surface area contributed by atoms with Crippen molar-refractivity contribution in [3.05, 3.63) is 0 Å². The molecule has 1 unspecified atom stereocenters. The van der Waals surface area contributed by atoms with Crippen LogP contribution in [0.5, 0.6) is 0 Å². The van der Waals surface area contributed by atoms with E-state index in [0.29, 0.717) is 6.42 Å². The highest BCUT2D eigenvalue weighted by Gasteiger charge is 2.51. The van der Waals surface area contributed by atoms with Crippen LogP contribution in [0.15, 0.2) is 0 Å². The Morgan fingerprint density at radius 3 is 2.32 bits per heavy atom. The summed E-state index contributed by atoms with van der Waals surface area (Å²) in [4.78, 5) is 14.6. The molecule has 2 aliphatic heterocycles. The van der Waals surface area contributed by atoms with Gasteiger partial charge < -0.3 is 4.90 Å². The molecule has 0 bridgehead atoms. The van der Waals surface area contributed by atoms with Gasteiger partial charge in [-0.05, 0) is 38.8 Å². The first-order chi connectivity index (χ1) is 8.93. The summed E-state index contributed by atoms with van der Waals surface area (Å²) in [6, 6.07) is 0.0358. The number of piperidine rings is 1. The van der Waals surface area contributed by atoms with Crippen LogP contribution in [-0.2, 0) is 4.79 Å². The Bertz CT molecular complexity index is 332. The fourth-order valence-corrected chi connectivity index (χ4v) is 2.85. The van der Waals surface area contributed by atoms with Crippen molar-refractivity contribution in [2.75, 3.05) is 26.2 Å². The molecule has 2 saturated heterocycles. The number of rotatable bonds is 3. The van der Waals surface area contributed by atoms with Crippen LogP contribution in [0.25, 0.3) is 0 Å². The molecule has 2 heterocycles. The molecule has 0 N–H and O–H groups in total. The molecule has 2 rings (SSSR count). The van der Waals surface area contributed by atoms with Crippen molar-refractivity contribution < 1.29 is 22.4 Å². The SMILES string of the molecule is O=C(N1CCCC(N2CCCC2)C1)C(F)(F)C(F)F. The highest BCUT2D eigenvalue weighted by atomic mass is 19.3. The van der Waals surface area contributed by atoms with Gasteiger partial charge in [-0.2, -0.15) is 8.78 Å². The second-order valence-corrected chi connectivity index (χ2v) is 5.21. The maximum atomic E-state index is 13.1. The van der Waals surface area contributed by atoms with Crippen LogP contribution >= 0.6 is 0 Å². The first-order valence-electron chi connectivity index (χ1n) is 6.62. The summed E-state index contributed by atoms with van der Waals surface area (Å²) in [5, 5.41) is 0. The Morgan fingerprint density at radius 2 is 1.74 bits per heavy atom. The lowest BCUT2D eigenvalue weighted by Gasteiger charge is -2.38.